The van der Waals surface area contributed by atoms with Gasteiger partial charge in [0.2, 0.25) is 0 Å². The molecule has 0 unspecified atom stereocenters. The maximum atomic E-state index is 11.4. The molecular formula is C11H11Cl3O3. The monoisotopic (exact) mass is 296 g/mol. The van der Waals surface area contributed by atoms with E-state index in [4.69, 9.17) is 44.3 Å². The number of halogens is 3. The average Bonchev–Trinajstić information content (AvgIpc) is 2.26. The van der Waals surface area contributed by atoms with E-state index < -0.39 is 12.1 Å². The molecule has 0 heterocycles. The van der Waals surface area contributed by atoms with Crippen molar-refractivity contribution in [3.63, 3.8) is 0 Å². The average molecular weight is 298 g/mol. The summed E-state index contributed by atoms with van der Waals surface area (Å²) in [6, 6.07) is 2.92. The number of hydrogen-bond donors (Lipinski definition) is 0. The van der Waals surface area contributed by atoms with Gasteiger partial charge in [-0.2, -0.15) is 0 Å². The van der Waals surface area contributed by atoms with Crippen LogP contribution in [0.4, 0.5) is 0 Å². The van der Waals surface area contributed by atoms with E-state index in [1.807, 2.05) is 0 Å². The van der Waals surface area contributed by atoms with Crippen LogP contribution in [-0.2, 0) is 9.53 Å². The summed E-state index contributed by atoms with van der Waals surface area (Å²) < 4.78 is 10.1. The van der Waals surface area contributed by atoms with Crippen LogP contribution in [0.15, 0.2) is 12.1 Å². The lowest BCUT2D eigenvalue weighted by Crippen LogP contribution is -2.26. The molecule has 1 aromatic rings. The Morgan fingerprint density at radius 2 is 1.82 bits per heavy atom. The molecule has 0 spiro atoms. The van der Waals surface area contributed by atoms with Crippen molar-refractivity contribution in [1.29, 1.82) is 0 Å². The zero-order valence-electron chi connectivity index (χ0n) is 9.30. The van der Waals surface area contributed by atoms with Gasteiger partial charge in [0.25, 0.3) is 0 Å². The summed E-state index contributed by atoms with van der Waals surface area (Å²) in [5.74, 6) is -0.170. The number of benzene rings is 1. The summed E-state index contributed by atoms with van der Waals surface area (Å²) in [5, 5.41) is 0.922. The molecule has 3 nitrogen and oxygen atoms in total. The Balaban J connectivity index is 2.81. The van der Waals surface area contributed by atoms with Crippen LogP contribution in [-0.4, -0.2) is 18.7 Å². The zero-order valence-corrected chi connectivity index (χ0v) is 11.6. The normalized spacial score (nSPS) is 12.1. The molecule has 0 saturated carbocycles. The summed E-state index contributed by atoms with van der Waals surface area (Å²) in [7, 11) is 0. The van der Waals surface area contributed by atoms with E-state index in [0.717, 1.165) is 0 Å². The third-order valence-electron chi connectivity index (χ3n) is 1.90. The van der Waals surface area contributed by atoms with Crippen LogP contribution < -0.4 is 4.74 Å². The fourth-order valence-corrected chi connectivity index (χ4v) is 1.67. The first kappa shape index (κ1) is 14.4. The van der Waals surface area contributed by atoms with Crippen LogP contribution in [0.25, 0.3) is 0 Å². The number of carbonyl (C=O) groups excluding carboxylic acids is 1. The molecule has 1 rings (SSSR count). The Morgan fingerprint density at radius 1 is 1.24 bits per heavy atom. The van der Waals surface area contributed by atoms with Gasteiger partial charge in [-0.15, -0.1) is 0 Å². The maximum absolute atomic E-state index is 11.4. The molecule has 17 heavy (non-hydrogen) atoms. The van der Waals surface area contributed by atoms with E-state index >= 15 is 0 Å². The first-order valence-corrected chi connectivity index (χ1v) is 6.07. The first-order chi connectivity index (χ1) is 7.95. The number of carbonyl (C=O) groups is 1. The second-order valence-corrected chi connectivity index (χ2v) is 4.43. The fourth-order valence-electron chi connectivity index (χ4n) is 1.09. The molecule has 0 aliphatic carbocycles. The van der Waals surface area contributed by atoms with Crippen LogP contribution in [0, 0.1) is 0 Å². The van der Waals surface area contributed by atoms with Gasteiger partial charge >= 0.3 is 5.97 Å². The summed E-state index contributed by atoms with van der Waals surface area (Å²) in [4.78, 5) is 11.4. The van der Waals surface area contributed by atoms with Gasteiger partial charge in [0.05, 0.1) is 21.7 Å². The van der Waals surface area contributed by atoms with Crippen LogP contribution >= 0.6 is 34.8 Å². The first-order valence-electron chi connectivity index (χ1n) is 4.93. The van der Waals surface area contributed by atoms with Crippen LogP contribution in [0.3, 0.4) is 0 Å². The molecule has 0 amide bonds. The molecule has 0 aromatic heterocycles. The Hall–Kier alpha value is -0.640. The summed E-state index contributed by atoms with van der Waals surface area (Å²) >= 11 is 17.5. The van der Waals surface area contributed by atoms with Crippen molar-refractivity contribution < 1.29 is 14.3 Å². The van der Waals surface area contributed by atoms with E-state index in [0.29, 0.717) is 22.4 Å². The second kappa shape index (κ2) is 6.34. The highest BCUT2D eigenvalue weighted by Crippen LogP contribution is 2.34. The standard InChI is InChI=1S/C11H11Cl3O3/c1-3-16-11(15)6(2)17-10-5-8(13)7(12)4-9(10)14/h4-6H,3H2,1-2H3/t6-/m1/s1. The molecule has 0 N–H and O–H groups in total. The molecule has 0 bridgehead atoms. The van der Waals surface area contributed by atoms with Gasteiger partial charge in [-0.05, 0) is 19.9 Å². The summed E-state index contributed by atoms with van der Waals surface area (Å²) in [6.45, 7) is 3.58. The minimum atomic E-state index is -0.760. The van der Waals surface area contributed by atoms with Crippen LogP contribution in [0.1, 0.15) is 13.8 Å². The topological polar surface area (TPSA) is 35.5 Å². The maximum Gasteiger partial charge on any atom is 0.347 e. The highest BCUT2D eigenvalue weighted by atomic mass is 35.5. The molecule has 0 aliphatic heterocycles. The fraction of sp³-hybridized carbons (Fsp3) is 0.364. The quantitative estimate of drug-likeness (QED) is 0.623. The van der Waals surface area contributed by atoms with E-state index in [1.165, 1.54) is 12.1 Å². The molecule has 0 radical (unpaired) electrons. The van der Waals surface area contributed by atoms with Gasteiger partial charge in [0, 0.05) is 6.07 Å². The van der Waals surface area contributed by atoms with E-state index in [-0.39, 0.29) is 5.02 Å². The van der Waals surface area contributed by atoms with Crippen molar-refractivity contribution in [2.24, 2.45) is 0 Å². The van der Waals surface area contributed by atoms with Crippen molar-refractivity contribution in [2.75, 3.05) is 6.61 Å². The largest absolute Gasteiger partial charge is 0.477 e. The van der Waals surface area contributed by atoms with Gasteiger partial charge in [0.15, 0.2) is 6.10 Å². The van der Waals surface area contributed by atoms with Crippen molar-refractivity contribution in [3.8, 4) is 5.75 Å². The van der Waals surface area contributed by atoms with Crippen LogP contribution in [0.5, 0.6) is 5.75 Å². The molecule has 6 heteroatoms. The van der Waals surface area contributed by atoms with E-state index in [2.05, 4.69) is 0 Å². The third kappa shape index (κ3) is 3.95. The zero-order chi connectivity index (χ0) is 13.0. The lowest BCUT2D eigenvalue weighted by molar-refractivity contribution is -0.150. The second-order valence-electron chi connectivity index (χ2n) is 3.21. The molecule has 94 valence electrons. The van der Waals surface area contributed by atoms with Crippen LogP contribution in [0.2, 0.25) is 15.1 Å². The summed E-state index contributed by atoms with van der Waals surface area (Å²) in [6.07, 6.45) is -0.760. The van der Waals surface area contributed by atoms with Gasteiger partial charge < -0.3 is 9.47 Å². The lowest BCUT2D eigenvalue weighted by atomic mass is 10.3. The molecule has 1 aromatic carbocycles. The van der Waals surface area contributed by atoms with Crippen molar-refractivity contribution in [1.82, 2.24) is 0 Å². The van der Waals surface area contributed by atoms with Crippen molar-refractivity contribution in [2.45, 2.75) is 20.0 Å². The molecule has 0 fully saturated rings. The Morgan fingerprint density at radius 3 is 2.41 bits per heavy atom. The predicted molar refractivity (Wildman–Crippen MR) is 68.2 cm³/mol. The number of ether oxygens (including phenoxy) is 2. The van der Waals surface area contributed by atoms with Crippen molar-refractivity contribution in [3.05, 3.63) is 27.2 Å². The molecular weight excluding hydrogens is 286 g/mol. The Bertz CT molecular complexity index is 421. The van der Waals surface area contributed by atoms with Gasteiger partial charge in [-0.1, -0.05) is 34.8 Å². The highest BCUT2D eigenvalue weighted by Gasteiger charge is 2.18. The molecule has 0 aliphatic rings. The highest BCUT2D eigenvalue weighted by molar-refractivity contribution is 6.43. The lowest BCUT2D eigenvalue weighted by Gasteiger charge is -2.14. The minimum Gasteiger partial charge on any atom is -0.477 e. The van der Waals surface area contributed by atoms with E-state index in [1.54, 1.807) is 13.8 Å². The van der Waals surface area contributed by atoms with Gasteiger partial charge in [-0.3, -0.25) is 0 Å². The smallest absolute Gasteiger partial charge is 0.347 e. The molecule has 0 saturated heterocycles. The van der Waals surface area contributed by atoms with Gasteiger partial charge in [0.1, 0.15) is 5.75 Å². The number of rotatable bonds is 4. The molecule has 1 atom stereocenters. The Kier molecular flexibility index (Phi) is 5.37. The third-order valence-corrected chi connectivity index (χ3v) is 2.91. The van der Waals surface area contributed by atoms with Crippen molar-refractivity contribution >= 4 is 40.8 Å². The predicted octanol–water partition coefficient (Wildman–Crippen LogP) is 3.98. The number of esters is 1. The minimum absolute atomic E-state index is 0.288. The number of hydrogen-bond acceptors (Lipinski definition) is 3. The SMILES string of the molecule is CCOC(=O)[C@@H](C)Oc1cc(Cl)c(Cl)cc1Cl. The van der Waals surface area contributed by atoms with E-state index in [9.17, 15) is 4.79 Å². The summed E-state index contributed by atoms with van der Waals surface area (Å²) in [5.41, 5.74) is 0. The van der Waals surface area contributed by atoms with Gasteiger partial charge in [-0.25, -0.2) is 4.79 Å². The Labute approximate surface area is 115 Å².